The third-order valence-corrected chi connectivity index (χ3v) is 2.06. The van der Waals surface area contributed by atoms with Crippen LogP contribution in [-0.4, -0.2) is 12.6 Å². The van der Waals surface area contributed by atoms with Gasteiger partial charge in [-0.25, -0.2) is 4.79 Å². The van der Waals surface area contributed by atoms with Crippen LogP contribution in [-0.2, 0) is 14.6 Å². The van der Waals surface area contributed by atoms with E-state index in [-0.39, 0.29) is 0 Å². The van der Waals surface area contributed by atoms with Crippen LogP contribution in [0.5, 0.6) is 0 Å². The lowest BCUT2D eigenvalue weighted by Crippen LogP contribution is -2.06. The first-order valence-electron chi connectivity index (χ1n) is 5.67. The first-order chi connectivity index (χ1) is 7.18. The van der Waals surface area contributed by atoms with Gasteiger partial charge < -0.3 is 0 Å². The van der Waals surface area contributed by atoms with Crippen LogP contribution in [0, 0.1) is 0 Å². The molecule has 0 unspecified atom stereocenters. The van der Waals surface area contributed by atoms with Crippen LogP contribution in [0.25, 0.3) is 0 Å². The van der Waals surface area contributed by atoms with E-state index in [0.29, 0.717) is 12.2 Å². The van der Waals surface area contributed by atoms with Gasteiger partial charge >= 0.3 is 5.97 Å². The molecule has 15 heavy (non-hydrogen) atoms. The molecule has 0 aromatic heterocycles. The Morgan fingerprint density at radius 3 is 2.33 bits per heavy atom. The molecule has 0 spiro atoms. The average molecular weight is 214 g/mol. The first kappa shape index (κ1) is 14.2. The Labute approximate surface area is 92.4 Å². The molecule has 0 heterocycles. The van der Waals surface area contributed by atoms with Gasteiger partial charge in [-0.1, -0.05) is 45.6 Å². The first-order valence-corrected chi connectivity index (χ1v) is 5.67. The van der Waals surface area contributed by atoms with Gasteiger partial charge in [-0.2, -0.15) is 4.89 Å². The van der Waals surface area contributed by atoms with Gasteiger partial charge in [0, 0.05) is 5.57 Å². The van der Waals surface area contributed by atoms with Gasteiger partial charge in [-0.15, -0.1) is 0 Å². The molecule has 88 valence electrons. The van der Waals surface area contributed by atoms with Gasteiger partial charge in [0.05, 0.1) is 6.61 Å². The highest BCUT2D eigenvalue weighted by atomic mass is 17.2. The molecule has 3 nitrogen and oxygen atoms in total. The second-order valence-corrected chi connectivity index (χ2v) is 3.74. The highest BCUT2D eigenvalue weighted by Gasteiger charge is 2.03. The summed E-state index contributed by atoms with van der Waals surface area (Å²) in [4.78, 5) is 20.1. The summed E-state index contributed by atoms with van der Waals surface area (Å²) in [7, 11) is 0. The lowest BCUT2D eigenvalue weighted by Gasteiger charge is -2.03. The summed E-state index contributed by atoms with van der Waals surface area (Å²) in [6, 6.07) is 0. The number of carbonyl (C=O) groups excluding carboxylic acids is 1. The van der Waals surface area contributed by atoms with Crippen LogP contribution in [0.4, 0.5) is 0 Å². The quantitative estimate of drug-likeness (QED) is 0.255. The number of carbonyl (C=O) groups is 1. The van der Waals surface area contributed by atoms with Gasteiger partial charge in [0.2, 0.25) is 0 Å². The summed E-state index contributed by atoms with van der Waals surface area (Å²) in [6.45, 7) is 7.71. The smallest absolute Gasteiger partial charge is 0.293 e. The molecule has 0 aromatic carbocycles. The van der Waals surface area contributed by atoms with Gasteiger partial charge in [0.25, 0.3) is 0 Å². The summed E-state index contributed by atoms with van der Waals surface area (Å²) < 4.78 is 0. The molecule has 0 bridgehead atoms. The number of unbranched alkanes of at least 4 members (excludes halogenated alkanes) is 5. The van der Waals surface area contributed by atoms with E-state index in [2.05, 4.69) is 18.4 Å². The molecular formula is C12H22O3. The summed E-state index contributed by atoms with van der Waals surface area (Å²) >= 11 is 0. The van der Waals surface area contributed by atoms with Crippen LogP contribution in [0.3, 0.4) is 0 Å². The fraction of sp³-hybridized carbons (Fsp3) is 0.750. The molecule has 0 amide bonds. The van der Waals surface area contributed by atoms with Crippen molar-refractivity contribution in [3.63, 3.8) is 0 Å². The molecule has 0 aliphatic rings. The highest BCUT2D eigenvalue weighted by Crippen LogP contribution is 2.05. The Kier molecular flexibility index (Phi) is 9.18. The minimum absolute atomic E-state index is 0.359. The highest BCUT2D eigenvalue weighted by molar-refractivity contribution is 5.86. The van der Waals surface area contributed by atoms with E-state index in [1.807, 2.05) is 0 Å². The largest absolute Gasteiger partial charge is 0.368 e. The van der Waals surface area contributed by atoms with Crippen molar-refractivity contribution in [2.24, 2.45) is 0 Å². The van der Waals surface area contributed by atoms with Crippen molar-refractivity contribution in [2.75, 3.05) is 6.61 Å². The summed E-state index contributed by atoms with van der Waals surface area (Å²) in [5.74, 6) is -0.485. The van der Waals surface area contributed by atoms with Crippen molar-refractivity contribution in [2.45, 2.75) is 52.4 Å². The second-order valence-electron chi connectivity index (χ2n) is 3.74. The molecule has 0 fully saturated rings. The fourth-order valence-corrected chi connectivity index (χ4v) is 1.11. The topological polar surface area (TPSA) is 35.5 Å². The molecule has 0 atom stereocenters. The van der Waals surface area contributed by atoms with Gasteiger partial charge in [0.15, 0.2) is 0 Å². The number of rotatable bonds is 9. The lowest BCUT2D eigenvalue weighted by molar-refractivity contribution is -0.268. The van der Waals surface area contributed by atoms with Crippen molar-refractivity contribution in [1.29, 1.82) is 0 Å². The normalized spacial score (nSPS) is 10.0. The van der Waals surface area contributed by atoms with E-state index in [9.17, 15) is 4.79 Å². The maximum absolute atomic E-state index is 10.9. The molecule has 0 rings (SSSR count). The zero-order chi connectivity index (χ0) is 11.5. The standard InChI is InChI=1S/C12H22O3/c1-4-5-6-7-8-9-10-14-15-12(13)11(2)3/h2,4-10H2,1,3H3. The van der Waals surface area contributed by atoms with Crippen molar-refractivity contribution < 1.29 is 14.6 Å². The molecule has 0 saturated heterocycles. The van der Waals surface area contributed by atoms with Crippen LogP contribution in [0.1, 0.15) is 52.4 Å². The Morgan fingerprint density at radius 2 is 1.73 bits per heavy atom. The molecule has 0 saturated carbocycles. The Hall–Kier alpha value is -0.830. The Balaban J connectivity index is 3.11. The van der Waals surface area contributed by atoms with Crippen LogP contribution >= 0.6 is 0 Å². The third-order valence-electron chi connectivity index (χ3n) is 2.06. The number of hydrogen-bond donors (Lipinski definition) is 0. The molecule has 3 heteroatoms. The summed E-state index contributed by atoms with van der Waals surface area (Å²) in [5, 5.41) is 0. The fourth-order valence-electron chi connectivity index (χ4n) is 1.11. The molecular weight excluding hydrogens is 192 g/mol. The molecule has 0 N–H and O–H groups in total. The zero-order valence-electron chi connectivity index (χ0n) is 9.88. The Morgan fingerprint density at radius 1 is 1.13 bits per heavy atom. The maximum Gasteiger partial charge on any atom is 0.368 e. The molecule has 0 radical (unpaired) electrons. The van der Waals surface area contributed by atoms with Crippen LogP contribution in [0.15, 0.2) is 12.2 Å². The van der Waals surface area contributed by atoms with Gasteiger partial charge in [-0.3, -0.25) is 4.89 Å². The molecule has 0 aliphatic carbocycles. The van der Waals surface area contributed by atoms with Crippen molar-refractivity contribution >= 4 is 5.97 Å². The Bertz CT molecular complexity index is 187. The van der Waals surface area contributed by atoms with E-state index in [1.165, 1.54) is 25.7 Å². The van der Waals surface area contributed by atoms with E-state index < -0.39 is 5.97 Å². The summed E-state index contributed by atoms with van der Waals surface area (Å²) in [6.07, 6.45) is 7.13. The van der Waals surface area contributed by atoms with Gasteiger partial charge in [-0.05, 0) is 13.3 Å². The number of hydrogen-bond acceptors (Lipinski definition) is 3. The predicted molar refractivity (Wildman–Crippen MR) is 60.2 cm³/mol. The SMILES string of the molecule is C=C(C)C(=O)OOCCCCCCCC. The minimum atomic E-state index is -0.485. The van der Waals surface area contributed by atoms with Crippen molar-refractivity contribution in [1.82, 2.24) is 0 Å². The van der Waals surface area contributed by atoms with E-state index >= 15 is 0 Å². The van der Waals surface area contributed by atoms with E-state index in [0.717, 1.165) is 12.8 Å². The molecule has 0 aromatic rings. The molecule has 0 aliphatic heterocycles. The van der Waals surface area contributed by atoms with Crippen LogP contribution in [0.2, 0.25) is 0 Å². The van der Waals surface area contributed by atoms with Gasteiger partial charge in [0.1, 0.15) is 0 Å². The predicted octanol–water partition coefficient (Wildman–Crippen LogP) is 3.40. The van der Waals surface area contributed by atoms with Crippen molar-refractivity contribution in [3.8, 4) is 0 Å². The average Bonchev–Trinajstić information content (AvgIpc) is 2.21. The van der Waals surface area contributed by atoms with Crippen LogP contribution < -0.4 is 0 Å². The van der Waals surface area contributed by atoms with E-state index in [4.69, 9.17) is 4.89 Å². The van der Waals surface area contributed by atoms with E-state index in [1.54, 1.807) is 6.92 Å². The third kappa shape index (κ3) is 9.47. The second kappa shape index (κ2) is 9.71. The van der Waals surface area contributed by atoms with Crippen molar-refractivity contribution in [3.05, 3.63) is 12.2 Å². The minimum Gasteiger partial charge on any atom is -0.293 e. The monoisotopic (exact) mass is 214 g/mol. The lowest BCUT2D eigenvalue weighted by atomic mass is 10.1. The maximum atomic E-state index is 10.9. The zero-order valence-corrected chi connectivity index (χ0v) is 9.88. The summed E-state index contributed by atoms with van der Waals surface area (Å²) in [5.41, 5.74) is 0.359.